The van der Waals surface area contributed by atoms with E-state index in [0.717, 1.165) is 6.54 Å². The summed E-state index contributed by atoms with van der Waals surface area (Å²) in [6, 6.07) is 0. The third kappa shape index (κ3) is 2.06. The van der Waals surface area contributed by atoms with Gasteiger partial charge in [-0.2, -0.15) is 0 Å². The Morgan fingerprint density at radius 2 is 1.71 bits per heavy atom. The second-order valence-corrected chi connectivity index (χ2v) is 4.57. The first kappa shape index (κ1) is 12.2. The molecule has 1 aliphatic heterocycles. The maximum absolute atomic E-state index is 5.88. The molecule has 2 N–H and O–H groups in total. The first-order valence-electron chi connectivity index (χ1n) is 5.40. The largest absolute Gasteiger partial charge is 0.329 e. The van der Waals surface area contributed by atoms with Crippen LogP contribution in [0.4, 0.5) is 0 Å². The highest BCUT2D eigenvalue weighted by molar-refractivity contribution is 5.85. The summed E-state index contributed by atoms with van der Waals surface area (Å²) < 4.78 is 0. The Hall–Kier alpha value is 0.170. The molecule has 2 rings (SSSR count). The Morgan fingerprint density at radius 1 is 1.14 bits per heavy atom. The fourth-order valence-corrected chi connectivity index (χ4v) is 2.52. The zero-order chi connectivity index (χ0) is 9.31. The van der Waals surface area contributed by atoms with Gasteiger partial charge in [-0.05, 0) is 26.3 Å². The molecule has 0 unspecified atom stereocenters. The van der Waals surface area contributed by atoms with Crippen molar-refractivity contribution in [2.75, 3.05) is 39.8 Å². The van der Waals surface area contributed by atoms with Crippen LogP contribution in [0.5, 0.6) is 0 Å². The summed E-state index contributed by atoms with van der Waals surface area (Å²) in [7, 11) is 2.20. The summed E-state index contributed by atoms with van der Waals surface area (Å²) >= 11 is 0. The van der Waals surface area contributed by atoms with Crippen LogP contribution in [-0.4, -0.2) is 55.1 Å². The summed E-state index contributed by atoms with van der Waals surface area (Å²) in [6.45, 7) is 5.71. The van der Waals surface area contributed by atoms with Crippen molar-refractivity contribution in [3.05, 3.63) is 0 Å². The summed E-state index contributed by atoms with van der Waals surface area (Å²) in [5.41, 5.74) is 6.28. The van der Waals surface area contributed by atoms with E-state index >= 15 is 0 Å². The molecule has 0 aromatic carbocycles. The third-order valence-electron chi connectivity index (χ3n) is 3.84. The number of hydrogen-bond donors (Lipinski definition) is 1. The van der Waals surface area contributed by atoms with Crippen LogP contribution in [-0.2, 0) is 0 Å². The predicted molar refractivity (Wildman–Crippen MR) is 62.0 cm³/mol. The Morgan fingerprint density at radius 3 is 2.07 bits per heavy atom. The van der Waals surface area contributed by atoms with Gasteiger partial charge in [-0.1, -0.05) is 0 Å². The molecule has 4 heteroatoms. The Kier molecular flexibility index (Phi) is 4.19. The van der Waals surface area contributed by atoms with Crippen molar-refractivity contribution in [2.24, 2.45) is 5.73 Å². The first-order chi connectivity index (χ1) is 6.27. The van der Waals surface area contributed by atoms with E-state index in [-0.39, 0.29) is 12.4 Å². The lowest BCUT2D eigenvalue weighted by Gasteiger charge is -2.52. The highest BCUT2D eigenvalue weighted by Crippen LogP contribution is 2.37. The van der Waals surface area contributed by atoms with E-state index in [9.17, 15) is 0 Å². The fourth-order valence-electron chi connectivity index (χ4n) is 2.52. The minimum atomic E-state index is 0. The van der Waals surface area contributed by atoms with Crippen molar-refractivity contribution >= 4 is 12.4 Å². The number of hydrogen-bond acceptors (Lipinski definition) is 3. The molecule has 1 heterocycles. The molecular weight excluding hydrogens is 198 g/mol. The van der Waals surface area contributed by atoms with Crippen molar-refractivity contribution in [3.8, 4) is 0 Å². The maximum atomic E-state index is 5.88. The van der Waals surface area contributed by atoms with Gasteiger partial charge in [0.2, 0.25) is 0 Å². The van der Waals surface area contributed by atoms with Gasteiger partial charge in [-0.3, -0.25) is 4.90 Å². The van der Waals surface area contributed by atoms with E-state index in [1.165, 1.54) is 45.4 Å². The molecule has 0 atom stereocenters. The van der Waals surface area contributed by atoms with Crippen LogP contribution < -0.4 is 5.73 Å². The van der Waals surface area contributed by atoms with Crippen LogP contribution in [0.2, 0.25) is 0 Å². The lowest BCUT2D eigenvalue weighted by molar-refractivity contribution is -0.00736. The number of rotatable bonds is 2. The van der Waals surface area contributed by atoms with Crippen molar-refractivity contribution in [1.29, 1.82) is 0 Å². The summed E-state index contributed by atoms with van der Waals surface area (Å²) in [6.07, 6.45) is 4.03. The minimum Gasteiger partial charge on any atom is -0.329 e. The molecule has 0 bridgehead atoms. The number of nitrogens with zero attached hydrogens (tertiary/aromatic N) is 2. The number of halogens is 1. The smallest absolute Gasteiger partial charge is 0.0332 e. The second-order valence-electron chi connectivity index (χ2n) is 4.57. The molecule has 0 aromatic rings. The molecule has 1 aliphatic carbocycles. The molecule has 0 radical (unpaired) electrons. The average Bonchev–Trinajstić information content (AvgIpc) is 2.07. The van der Waals surface area contributed by atoms with Crippen LogP contribution in [0.1, 0.15) is 19.3 Å². The van der Waals surface area contributed by atoms with Crippen LogP contribution >= 0.6 is 12.4 Å². The van der Waals surface area contributed by atoms with Gasteiger partial charge in [-0.15, -0.1) is 12.4 Å². The van der Waals surface area contributed by atoms with E-state index in [4.69, 9.17) is 5.73 Å². The molecule has 14 heavy (non-hydrogen) atoms. The maximum Gasteiger partial charge on any atom is 0.0332 e. The van der Waals surface area contributed by atoms with Crippen LogP contribution in [0.25, 0.3) is 0 Å². The second kappa shape index (κ2) is 4.79. The standard InChI is InChI=1S/C10H21N3.ClH/c1-12-5-7-13(8-6-12)10(9-11)3-2-4-10;/h2-9,11H2,1H3;1H. The molecule has 2 aliphatic rings. The minimum absolute atomic E-state index is 0. The summed E-state index contributed by atoms with van der Waals surface area (Å²) in [5.74, 6) is 0. The molecule has 84 valence electrons. The van der Waals surface area contributed by atoms with Crippen molar-refractivity contribution in [3.63, 3.8) is 0 Å². The lowest BCUT2D eigenvalue weighted by Crippen LogP contribution is -2.62. The number of likely N-dealkylation sites (N-methyl/N-ethyl adjacent to an activating group) is 1. The van der Waals surface area contributed by atoms with Gasteiger partial charge in [0.1, 0.15) is 0 Å². The number of nitrogens with two attached hydrogens (primary N) is 1. The molecule has 1 saturated heterocycles. The quantitative estimate of drug-likeness (QED) is 0.736. The van der Waals surface area contributed by atoms with E-state index in [2.05, 4.69) is 16.8 Å². The zero-order valence-electron chi connectivity index (χ0n) is 9.04. The SMILES string of the molecule is CN1CCN(C2(CN)CCC2)CC1.Cl. The van der Waals surface area contributed by atoms with Crippen LogP contribution in [0, 0.1) is 0 Å². The normalized spacial score (nSPS) is 27.9. The molecule has 1 saturated carbocycles. The van der Waals surface area contributed by atoms with Gasteiger partial charge in [0.05, 0.1) is 0 Å². The molecule has 3 nitrogen and oxygen atoms in total. The van der Waals surface area contributed by atoms with Crippen molar-refractivity contribution in [1.82, 2.24) is 9.80 Å². The van der Waals surface area contributed by atoms with E-state index in [1.54, 1.807) is 0 Å². The zero-order valence-corrected chi connectivity index (χ0v) is 9.85. The van der Waals surface area contributed by atoms with E-state index in [0.29, 0.717) is 5.54 Å². The topological polar surface area (TPSA) is 32.5 Å². The number of piperazine rings is 1. The van der Waals surface area contributed by atoms with Gasteiger partial charge in [-0.25, -0.2) is 0 Å². The summed E-state index contributed by atoms with van der Waals surface area (Å²) in [4.78, 5) is 5.02. The molecule has 0 aromatic heterocycles. The highest BCUT2D eigenvalue weighted by Gasteiger charge is 2.41. The first-order valence-corrected chi connectivity index (χ1v) is 5.40. The molecular formula is C10H22ClN3. The van der Waals surface area contributed by atoms with Gasteiger partial charge in [0, 0.05) is 38.3 Å². The van der Waals surface area contributed by atoms with Gasteiger partial charge >= 0.3 is 0 Å². The Balaban J connectivity index is 0.000000980. The summed E-state index contributed by atoms with van der Waals surface area (Å²) in [5, 5.41) is 0. The van der Waals surface area contributed by atoms with Crippen molar-refractivity contribution < 1.29 is 0 Å². The third-order valence-corrected chi connectivity index (χ3v) is 3.84. The predicted octanol–water partition coefficient (Wildman–Crippen LogP) is 0.537. The monoisotopic (exact) mass is 219 g/mol. The van der Waals surface area contributed by atoms with Gasteiger partial charge < -0.3 is 10.6 Å². The van der Waals surface area contributed by atoms with E-state index in [1.807, 2.05) is 0 Å². The van der Waals surface area contributed by atoms with Gasteiger partial charge in [0.15, 0.2) is 0 Å². The van der Waals surface area contributed by atoms with Crippen molar-refractivity contribution in [2.45, 2.75) is 24.8 Å². The fraction of sp³-hybridized carbons (Fsp3) is 1.00. The molecule has 2 fully saturated rings. The lowest BCUT2D eigenvalue weighted by atomic mass is 9.75. The molecule has 0 spiro atoms. The highest BCUT2D eigenvalue weighted by atomic mass is 35.5. The van der Waals surface area contributed by atoms with Gasteiger partial charge in [0.25, 0.3) is 0 Å². The van der Waals surface area contributed by atoms with Crippen LogP contribution in [0.3, 0.4) is 0 Å². The Bertz CT molecular complexity index is 169. The van der Waals surface area contributed by atoms with Crippen LogP contribution in [0.15, 0.2) is 0 Å². The molecule has 0 amide bonds. The Labute approximate surface area is 93.0 Å². The average molecular weight is 220 g/mol. The van der Waals surface area contributed by atoms with E-state index < -0.39 is 0 Å².